The van der Waals surface area contributed by atoms with E-state index in [1.54, 1.807) is 18.2 Å². The number of aryl methyl sites for hydroxylation is 1. The summed E-state index contributed by atoms with van der Waals surface area (Å²) in [5.74, 6) is 2.24. The fourth-order valence-electron chi connectivity index (χ4n) is 1.91. The molecule has 25 heavy (non-hydrogen) atoms. The normalized spacial score (nSPS) is 10.6. The summed E-state index contributed by atoms with van der Waals surface area (Å²) in [6, 6.07) is 7.18. The molecule has 0 aliphatic rings. The summed E-state index contributed by atoms with van der Waals surface area (Å²) in [6.07, 6.45) is 0. The number of hydrogen-bond acceptors (Lipinski definition) is 7. The first-order valence-corrected chi connectivity index (χ1v) is 9.55. The lowest BCUT2D eigenvalue weighted by atomic mass is 10.3. The van der Waals surface area contributed by atoms with Crippen molar-refractivity contribution in [3.05, 3.63) is 50.3 Å². The molecular weight excluding hydrogens is 401 g/mol. The monoisotopic (exact) mass is 411 g/mol. The molecule has 0 atom stereocenters. The maximum Gasteiger partial charge on any atom is 0.188 e. The van der Waals surface area contributed by atoms with Gasteiger partial charge in [-0.1, -0.05) is 35.0 Å². The molecule has 3 aromatic rings. The van der Waals surface area contributed by atoms with Gasteiger partial charge >= 0.3 is 0 Å². The van der Waals surface area contributed by atoms with Crippen LogP contribution in [0.25, 0.3) is 0 Å². The molecule has 0 fully saturated rings. The Morgan fingerprint density at radius 1 is 1.40 bits per heavy atom. The zero-order chi connectivity index (χ0) is 17.8. The first kappa shape index (κ1) is 18.0. The van der Waals surface area contributed by atoms with Gasteiger partial charge < -0.3 is 4.74 Å². The van der Waals surface area contributed by atoms with Gasteiger partial charge in [-0.15, -0.1) is 0 Å². The second-order valence-electron chi connectivity index (χ2n) is 4.88. The predicted octanol–water partition coefficient (Wildman–Crippen LogP) is 4.62. The summed E-state index contributed by atoms with van der Waals surface area (Å²) in [4.78, 5) is 5.27. The summed E-state index contributed by atoms with van der Waals surface area (Å²) in [5, 5.41) is 17.8. The molecule has 3 rings (SSSR count). The number of rotatable bonds is 6. The Bertz CT molecular complexity index is 934. The molecule has 0 spiro atoms. The summed E-state index contributed by atoms with van der Waals surface area (Å²) >= 11 is 14.7. The second kappa shape index (κ2) is 8.06. The van der Waals surface area contributed by atoms with Crippen molar-refractivity contribution in [2.75, 3.05) is 0 Å². The Morgan fingerprint density at radius 3 is 3.00 bits per heavy atom. The zero-order valence-corrected chi connectivity index (χ0v) is 16.1. The number of hydrogen-bond donors (Lipinski definition) is 1. The minimum Gasteiger partial charge on any atom is -0.484 e. The van der Waals surface area contributed by atoms with Crippen LogP contribution in [0.2, 0.25) is 10.0 Å². The van der Waals surface area contributed by atoms with Crippen molar-refractivity contribution < 1.29 is 4.74 Å². The molecule has 0 aliphatic heterocycles. The molecule has 10 heteroatoms. The number of aromatic nitrogens is 4. The summed E-state index contributed by atoms with van der Waals surface area (Å²) in [5.41, 5.74) is 0.621. The van der Waals surface area contributed by atoms with E-state index >= 15 is 0 Å². The van der Waals surface area contributed by atoms with Crippen molar-refractivity contribution in [3.63, 3.8) is 0 Å². The lowest BCUT2D eigenvalue weighted by Gasteiger charge is -2.05. The molecule has 0 unspecified atom stereocenters. The summed E-state index contributed by atoms with van der Waals surface area (Å²) < 4.78 is 9.87. The van der Waals surface area contributed by atoms with E-state index in [1.165, 1.54) is 23.3 Å². The Balaban J connectivity index is 1.58. The van der Waals surface area contributed by atoms with Gasteiger partial charge in [-0.2, -0.15) is 14.7 Å². The molecule has 0 aliphatic carbocycles. The smallest absolute Gasteiger partial charge is 0.188 e. The predicted molar refractivity (Wildman–Crippen MR) is 98.3 cm³/mol. The number of nitrogens with zero attached hydrogens (tertiary/aromatic N) is 4. The van der Waals surface area contributed by atoms with Crippen LogP contribution >= 0.6 is 46.5 Å². The number of thioether (sulfide) groups is 1. The van der Waals surface area contributed by atoms with Gasteiger partial charge in [0, 0.05) is 9.90 Å². The van der Waals surface area contributed by atoms with Crippen LogP contribution in [0.4, 0.5) is 0 Å². The van der Waals surface area contributed by atoms with Crippen LogP contribution < -0.4 is 4.74 Å². The van der Waals surface area contributed by atoms with Crippen molar-refractivity contribution in [1.29, 1.82) is 5.26 Å². The van der Waals surface area contributed by atoms with E-state index in [1.807, 2.05) is 6.92 Å². The number of H-pyrrole nitrogens is 1. The number of ether oxygens (including phenoxy) is 1. The molecule has 0 saturated carbocycles. The summed E-state index contributed by atoms with van der Waals surface area (Å²) in [7, 11) is 0. The van der Waals surface area contributed by atoms with E-state index in [0.717, 1.165) is 4.88 Å². The highest BCUT2D eigenvalue weighted by atomic mass is 35.5. The van der Waals surface area contributed by atoms with Gasteiger partial charge in [0.2, 0.25) is 0 Å². The highest BCUT2D eigenvalue weighted by Gasteiger charge is 2.12. The molecule has 6 nitrogen and oxygen atoms in total. The molecule has 0 radical (unpaired) electrons. The van der Waals surface area contributed by atoms with Crippen LogP contribution in [-0.2, 0) is 12.4 Å². The highest BCUT2D eigenvalue weighted by molar-refractivity contribution is 7.98. The van der Waals surface area contributed by atoms with E-state index in [0.29, 0.717) is 43.8 Å². The number of nitrogens with one attached hydrogen (secondary N) is 1. The third-order valence-electron chi connectivity index (χ3n) is 3.12. The van der Waals surface area contributed by atoms with Crippen LogP contribution in [-0.4, -0.2) is 19.6 Å². The standard InChI is InChI=1S/C15H11Cl2N5OS2/c1-8-10(5-18)15(22-25-8)24-7-14-19-13(20-21-14)6-23-12-3-2-9(16)4-11(12)17/h2-4H,6-7H2,1H3,(H,19,20,21). The second-order valence-corrected chi connectivity index (χ2v) is 7.67. The highest BCUT2D eigenvalue weighted by Crippen LogP contribution is 2.29. The summed E-state index contributed by atoms with van der Waals surface area (Å²) in [6.45, 7) is 2.06. The first-order valence-electron chi connectivity index (χ1n) is 7.04. The SMILES string of the molecule is Cc1snc(SCc2nc(COc3ccc(Cl)cc3Cl)n[nH]2)c1C#N. The van der Waals surface area contributed by atoms with Gasteiger partial charge in [-0.05, 0) is 36.7 Å². The minimum atomic E-state index is 0.182. The van der Waals surface area contributed by atoms with Crippen LogP contribution in [0.15, 0.2) is 23.2 Å². The van der Waals surface area contributed by atoms with E-state index in [-0.39, 0.29) is 6.61 Å². The molecule has 0 saturated heterocycles. The topological polar surface area (TPSA) is 87.5 Å². The van der Waals surface area contributed by atoms with Crippen molar-refractivity contribution >= 4 is 46.5 Å². The van der Waals surface area contributed by atoms with Gasteiger partial charge in [0.05, 0.1) is 16.3 Å². The number of aromatic amines is 1. The van der Waals surface area contributed by atoms with Crippen LogP contribution in [0.3, 0.4) is 0 Å². The van der Waals surface area contributed by atoms with Gasteiger partial charge in [0.25, 0.3) is 0 Å². The van der Waals surface area contributed by atoms with E-state index in [9.17, 15) is 0 Å². The van der Waals surface area contributed by atoms with Crippen LogP contribution in [0.1, 0.15) is 22.1 Å². The lowest BCUT2D eigenvalue weighted by molar-refractivity contribution is 0.296. The number of benzene rings is 1. The lowest BCUT2D eigenvalue weighted by Crippen LogP contribution is -1.98. The zero-order valence-electron chi connectivity index (χ0n) is 12.9. The van der Waals surface area contributed by atoms with Crippen molar-refractivity contribution in [1.82, 2.24) is 19.6 Å². The van der Waals surface area contributed by atoms with Crippen LogP contribution in [0, 0.1) is 18.3 Å². The van der Waals surface area contributed by atoms with Gasteiger partial charge in [-0.3, -0.25) is 5.10 Å². The number of halogens is 2. The first-order chi connectivity index (χ1) is 12.1. The maximum atomic E-state index is 9.14. The van der Waals surface area contributed by atoms with E-state index in [4.69, 9.17) is 33.2 Å². The maximum absolute atomic E-state index is 9.14. The molecule has 1 N–H and O–H groups in total. The largest absolute Gasteiger partial charge is 0.484 e. The van der Waals surface area contributed by atoms with Gasteiger partial charge in [0.15, 0.2) is 5.82 Å². The van der Waals surface area contributed by atoms with E-state index < -0.39 is 0 Å². The fraction of sp³-hybridized carbons (Fsp3) is 0.200. The molecule has 0 bridgehead atoms. The van der Waals surface area contributed by atoms with E-state index in [2.05, 4.69) is 25.6 Å². The minimum absolute atomic E-state index is 0.182. The Hall–Kier alpha value is -1.79. The van der Waals surface area contributed by atoms with Crippen molar-refractivity contribution in [2.24, 2.45) is 0 Å². The fourth-order valence-corrected chi connectivity index (χ4v) is 4.05. The molecule has 1 aromatic carbocycles. The molecule has 128 valence electrons. The molecule has 2 heterocycles. The average Bonchev–Trinajstić information content (AvgIpc) is 3.18. The third-order valence-corrected chi connectivity index (χ3v) is 5.50. The van der Waals surface area contributed by atoms with Crippen LogP contribution in [0.5, 0.6) is 5.75 Å². The van der Waals surface area contributed by atoms with Crippen molar-refractivity contribution in [3.8, 4) is 11.8 Å². The third kappa shape index (κ3) is 4.44. The van der Waals surface area contributed by atoms with Gasteiger partial charge in [-0.25, -0.2) is 4.98 Å². The molecular formula is C15H11Cl2N5OS2. The quantitative estimate of drug-likeness (QED) is 0.595. The molecule has 0 amide bonds. The van der Waals surface area contributed by atoms with Crippen molar-refractivity contribution in [2.45, 2.75) is 24.3 Å². The molecule has 2 aromatic heterocycles. The van der Waals surface area contributed by atoms with Gasteiger partial charge in [0.1, 0.15) is 29.3 Å². The Morgan fingerprint density at radius 2 is 2.24 bits per heavy atom. The number of nitriles is 1. The average molecular weight is 412 g/mol. The Kier molecular flexibility index (Phi) is 5.81. The Labute approximate surface area is 162 Å².